The molecule has 0 aliphatic heterocycles. The molecule has 0 heterocycles. The summed E-state index contributed by atoms with van der Waals surface area (Å²) in [5.74, 6) is 0. The molecule has 0 N–H and O–H groups in total. The van der Waals surface area contributed by atoms with Crippen LogP contribution in [0, 0.1) is 0 Å². The minimum Gasteiger partial charge on any atom is -0.134 e. The van der Waals surface area contributed by atoms with Gasteiger partial charge >= 0.3 is 0 Å². The van der Waals surface area contributed by atoms with Crippen LogP contribution in [0.3, 0.4) is 0 Å². The summed E-state index contributed by atoms with van der Waals surface area (Å²) < 4.78 is 0. The second-order valence-electron chi connectivity index (χ2n) is 7.64. The van der Waals surface area contributed by atoms with Gasteiger partial charge in [0.15, 0.2) is 0 Å². The summed E-state index contributed by atoms with van der Waals surface area (Å²) in [6, 6.07) is 0. The maximum atomic E-state index is 3.07. The molecular formula is C22H48BrP. The van der Waals surface area contributed by atoms with Gasteiger partial charge in [-0.3, -0.25) is 0 Å². The summed E-state index contributed by atoms with van der Waals surface area (Å²) in [5, 5.41) is 0. The first-order chi connectivity index (χ1) is 11.3. The molecule has 148 valence electrons. The van der Waals surface area contributed by atoms with Gasteiger partial charge in [-0.25, -0.2) is 0 Å². The predicted octanol–water partition coefficient (Wildman–Crippen LogP) is 9.26. The predicted molar refractivity (Wildman–Crippen MR) is 123 cm³/mol. The molecule has 0 bridgehead atoms. The zero-order valence-corrected chi connectivity index (χ0v) is 19.9. The van der Waals surface area contributed by atoms with Crippen molar-refractivity contribution in [2.24, 2.45) is 0 Å². The van der Waals surface area contributed by atoms with Gasteiger partial charge < -0.3 is 0 Å². The number of hydrogen-bond acceptors (Lipinski definition) is 0. The Hall–Kier alpha value is 0.910. The number of halogens is 1. The van der Waals surface area contributed by atoms with Crippen LogP contribution in [0.4, 0.5) is 0 Å². The Labute approximate surface area is 167 Å². The van der Waals surface area contributed by atoms with Crippen LogP contribution in [0.2, 0.25) is 0 Å². The van der Waals surface area contributed by atoms with Crippen molar-refractivity contribution in [1.82, 2.24) is 0 Å². The average molecular weight is 424 g/mol. The van der Waals surface area contributed by atoms with E-state index in [4.69, 9.17) is 0 Å². The van der Waals surface area contributed by atoms with Gasteiger partial charge in [0.25, 0.3) is 0 Å². The van der Waals surface area contributed by atoms with Crippen LogP contribution in [0.5, 0.6) is 0 Å². The smallest absolute Gasteiger partial charge is 0.0264 e. The highest BCUT2D eigenvalue weighted by Gasteiger charge is 2.01. The Morgan fingerprint density at radius 1 is 0.458 bits per heavy atom. The normalized spacial score (nSPS) is 12.1. The molecule has 0 aromatic rings. The fourth-order valence-electron chi connectivity index (χ4n) is 3.40. The minimum atomic E-state index is 0. The highest BCUT2D eigenvalue weighted by atomic mass is 79.9. The molecular weight excluding hydrogens is 375 g/mol. The summed E-state index contributed by atoms with van der Waals surface area (Å²) >= 11 is 0. The van der Waals surface area contributed by atoms with E-state index >= 15 is 0 Å². The quantitative estimate of drug-likeness (QED) is 0.143. The first kappa shape index (κ1) is 27.1. The van der Waals surface area contributed by atoms with Gasteiger partial charge in [-0.15, -0.1) is 26.2 Å². The number of unbranched alkanes of at least 4 members (excludes halogenated alkanes) is 15. The Balaban J connectivity index is 0. The first-order valence-corrected chi connectivity index (χ1v) is 11.7. The van der Waals surface area contributed by atoms with E-state index in [0.717, 1.165) is 5.66 Å². The summed E-state index contributed by atoms with van der Waals surface area (Å²) in [5.41, 5.74) is 0.888. The van der Waals surface area contributed by atoms with Crippen LogP contribution >= 0.6 is 26.2 Å². The van der Waals surface area contributed by atoms with Crippen LogP contribution in [-0.4, -0.2) is 5.66 Å². The molecule has 0 nitrogen and oxygen atoms in total. The van der Waals surface area contributed by atoms with Crippen LogP contribution < -0.4 is 0 Å². The molecule has 0 aromatic heterocycles. The van der Waals surface area contributed by atoms with Crippen LogP contribution in [-0.2, 0) is 0 Å². The Morgan fingerprint density at radius 3 is 1.08 bits per heavy atom. The third kappa shape index (κ3) is 22.9. The van der Waals surface area contributed by atoms with Gasteiger partial charge in [-0.05, 0) is 18.5 Å². The molecule has 0 radical (unpaired) electrons. The van der Waals surface area contributed by atoms with Crippen molar-refractivity contribution in [3.05, 3.63) is 0 Å². The fourth-order valence-corrected chi connectivity index (χ4v) is 3.87. The minimum absolute atomic E-state index is 0. The lowest BCUT2D eigenvalue weighted by molar-refractivity contribution is 0.525. The monoisotopic (exact) mass is 422 g/mol. The van der Waals surface area contributed by atoms with Gasteiger partial charge in [0.05, 0.1) is 0 Å². The van der Waals surface area contributed by atoms with Crippen molar-refractivity contribution in [1.29, 1.82) is 0 Å². The van der Waals surface area contributed by atoms with E-state index < -0.39 is 0 Å². The molecule has 24 heavy (non-hydrogen) atoms. The lowest BCUT2D eigenvalue weighted by Crippen LogP contribution is -1.97. The highest BCUT2D eigenvalue weighted by Crippen LogP contribution is 2.19. The summed E-state index contributed by atoms with van der Waals surface area (Å²) in [6.07, 6.45) is 27.6. The van der Waals surface area contributed by atoms with Crippen LogP contribution in [0.1, 0.15) is 136 Å². The van der Waals surface area contributed by atoms with E-state index in [1.165, 1.54) is 122 Å². The SMILES string of the molecule is Br.CCCCCCCCCCCCCCCCC(P)CCCCC. The standard InChI is InChI=1S/C22H47P.BrH/c1-3-5-7-8-9-10-11-12-13-14-15-16-17-19-21-22(23)20-18-6-4-2;/h22H,3-21,23H2,1-2H3;1H. The van der Waals surface area contributed by atoms with E-state index in [9.17, 15) is 0 Å². The van der Waals surface area contributed by atoms with E-state index in [1.807, 2.05) is 0 Å². The maximum absolute atomic E-state index is 3.07. The third-order valence-electron chi connectivity index (χ3n) is 5.11. The number of hydrogen-bond donors (Lipinski definition) is 0. The van der Waals surface area contributed by atoms with E-state index in [1.54, 1.807) is 0 Å². The lowest BCUT2D eigenvalue weighted by Gasteiger charge is -2.10. The molecule has 0 amide bonds. The zero-order chi connectivity index (χ0) is 17.0. The zero-order valence-electron chi connectivity index (χ0n) is 17.0. The van der Waals surface area contributed by atoms with Crippen molar-refractivity contribution >= 4 is 26.2 Å². The Kier molecular flexibility index (Phi) is 27.0. The molecule has 2 atom stereocenters. The van der Waals surface area contributed by atoms with Gasteiger partial charge in [-0.1, -0.05) is 123 Å². The van der Waals surface area contributed by atoms with Gasteiger partial charge in [0.2, 0.25) is 0 Å². The molecule has 0 rings (SSSR count). The number of rotatable bonds is 19. The Morgan fingerprint density at radius 2 is 0.708 bits per heavy atom. The van der Waals surface area contributed by atoms with E-state index in [0.29, 0.717) is 0 Å². The molecule has 0 saturated carbocycles. The largest absolute Gasteiger partial charge is 0.134 e. The summed E-state index contributed by atoms with van der Waals surface area (Å²) in [6.45, 7) is 4.60. The molecule has 0 aliphatic carbocycles. The van der Waals surface area contributed by atoms with Crippen molar-refractivity contribution in [2.75, 3.05) is 0 Å². The van der Waals surface area contributed by atoms with Gasteiger partial charge in [-0.2, -0.15) is 0 Å². The first-order valence-electron chi connectivity index (χ1n) is 11.1. The van der Waals surface area contributed by atoms with Crippen LogP contribution in [0.25, 0.3) is 0 Å². The van der Waals surface area contributed by atoms with E-state index in [-0.39, 0.29) is 17.0 Å². The lowest BCUT2D eigenvalue weighted by atomic mass is 10.0. The molecule has 0 aromatic carbocycles. The third-order valence-corrected chi connectivity index (χ3v) is 5.77. The average Bonchev–Trinajstić information content (AvgIpc) is 2.55. The molecule has 0 saturated heterocycles. The van der Waals surface area contributed by atoms with Crippen LogP contribution in [0.15, 0.2) is 0 Å². The molecule has 0 spiro atoms. The highest BCUT2D eigenvalue weighted by molar-refractivity contribution is 8.93. The topological polar surface area (TPSA) is 0 Å². The second-order valence-corrected chi connectivity index (χ2v) is 8.58. The molecule has 0 aliphatic rings. The molecule has 0 fully saturated rings. The van der Waals surface area contributed by atoms with E-state index in [2.05, 4.69) is 23.1 Å². The fraction of sp³-hybridized carbons (Fsp3) is 1.00. The van der Waals surface area contributed by atoms with Crippen molar-refractivity contribution < 1.29 is 0 Å². The van der Waals surface area contributed by atoms with Crippen molar-refractivity contribution in [2.45, 2.75) is 142 Å². The summed E-state index contributed by atoms with van der Waals surface area (Å²) in [4.78, 5) is 0. The van der Waals surface area contributed by atoms with Gasteiger partial charge in [0.1, 0.15) is 0 Å². The second kappa shape index (κ2) is 23.9. The van der Waals surface area contributed by atoms with Gasteiger partial charge in [0, 0.05) is 0 Å². The van der Waals surface area contributed by atoms with Crippen molar-refractivity contribution in [3.8, 4) is 0 Å². The maximum Gasteiger partial charge on any atom is -0.0264 e. The molecule has 2 unspecified atom stereocenters. The summed E-state index contributed by atoms with van der Waals surface area (Å²) in [7, 11) is 3.07. The molecule has 2 heteroatoms. The van der Waals surface area contributed by atoms with Crippen molar-refractivity contribution in [3.63, 3.8) is 0 Å². The Bertz CT molecular complexity index is 208.